The smallest absolute Gasteiger partial charge is 0.259 e. The second-order valence-electron chi connectivity index (χ2n) is 3.86. The first-order chi connectivity index (χ1) is 9.22. The lowest BCUT2D eigenvalue weighted by Gasteiger charge is -1.97. The number of aromatic nitrogens is 3. The summed E-state index contributed by atoms with van der Waals surface area (Å²) >= 11 is 5.58. The third kappa shape index (κ3) is 2.66. The lowest BCUT2D eigenvalue weighted by molar-refractivity contribution is -0.116. The fraction of sp³-hybridized carbons (Fsp3) is 0.0833. The van der Waals surface area contributed by atoms with Gasteiger partial charge in [-0.15, -0.1) is 12.6 Å². The van der Waals surface area contributed by atoms with Gasteiger partial charge in [-0.1, -0.05) is 17.8 Å². The number of carbonyl (C=O) groups is 1. The molecule has 1 atom stereocenters. The monoisotopic (exact) mass is 290 g/mol. The summed E-state index contributed by atoms with van der Waals surface area (Å²) in [7, 11) is 0. The van der Waals surface area contributed by atoms with Crippen LogP contribution in [0.4, 0.5) is 0 Å². The van der Waals surface area contributed by atoms with Crippen LogP contribution in [0.1, 0.15) is 5.56 Å². The molecule has 1 unspecified atom stereocenters. The molecule has 96 valence electrons. The lowest BCUT2D eigenvalue weighted by Crippen LogP contribution is -2.19. The summed E-state index contributed by atoms with van der Waals surface area (Å²) in [5.41, 5.74) is 0.853. The summed E-state index contributed by atoms with van der Waals surface area (Å²) < 4.78 is 1.49. The number of carbonyl (C=O) groups excluding carboxylic acids is 1. The van der Waals surface area contributed by atoms with Crippen LogP contribution in [0, 0.1) is 0 Å². The van der Waals surface area contributed by atoms with Crippen LogP contribution in [-0.2, 0) is 4.79 Å². The minimum atomic E-state index is -0.176. The van der Waals surface area contributed by atoms with Crippen LogP contribution in [0.2, 0.25) is 0 Å². The molecule has 1 aliphatic heterocycles. The third-order valence-electron chi connectivity index (χ3n) is 2.50. The molecule has 0 aliphatic carbocycles. The van der Waals surface area contributed by atoms with Crippen molar-refractivity contribution in [3.63, 3.8) is 0 Å². The summed E-state index contributed by atoms with van der Waals surface area (Å²) in [4.78, 5) is 16.4. The molecule has 0 bridgehead atoms. The van der Waals surface area contributed by atoms with Crippen molar-refractivity contribution in [1.82, 2.24) is 20.1 Å². The Kier molecular flexibility index (Phi) is 3.31. The molecule has 1 amide bonds. The van der Waals surface area contributed by atoms with E-state index >= 15 is 0 Å². The topological polar surface area (TPSA) is 59.8 Å². The van der Waals surface area contributed by atoms with Gasteiger partial charge in [0.2, 0.25) is 0 Å². The van der Waals surface area contributed by atoms with E-state index in [-0.39, 0.29) is 10.6 Å². The molecule has 2 aromatic rings. The lowest BCUT2D eigenvalue weighted by atomic mass is 10.3. The maximum Gasteiger partial charge on any atom is 0.259 e. The summed E-state index contributed by atoms with van der Waals surface area (Å²) in [6.07, 6.45) is 7.03. The zero-order valence-electron chi connectivity index (χ0n) is 9.72. The van der Waals surface area contributed by atoms with E-state index in [1.807, 2.05) is 24.4 Å². The summed E-state index contributed by atoms with van der Waals surface area (Å²) in [5.74, 6) is 0.637. The largest absolute Gasteiger partial charge is 0.331 e. The Morgan fingerprint density at radius 3 is 3.05 bits per heavy atom. The van der Waals surface area contributed by atoms with Crippen molar-refractivity contribution in [1.29, 1.82) is 0 Å². The molecule has 1 saturated heterocycles. The van der Waals surface area contributed by atoms with E-state index in [1.54, 1.807) is 23.2 Å². The van der Waals surface area contributed by atoms with Crippen LogP contribution in [-0.4, -0.2) is 25.4 Å². The molecule has 5 nitrogen and oxygen atoms in total. The van der Waals surface area contributed by atoms with Gasteiger partial charge in [0.1, 0.15) is 4.71 Å². The standard InChI is InChI=1S/C12H10N4OS2/c17-11-9(19-12(18)15-11)5-8-6-14-16(7-8)10-3-1-2-4-13-10/h1-7,12,18H,(H,15,17)/b9-5-. The number of thioether (sulfide) groups is 1. The molecule has 0 aromatic carbocycles. The maximum absolute atomic E-state index is 11.6. The van der Waals surface area contributed by atoms with E-state index in [1.165, 1.54) is 11.8 Å². The Morgan fingerprint density at radius 2 is 2.37 bits per heavy atom. The van der Waals surface area contributed by atoms with Gasteiger partial charge in [0.25, 0.3) is 5.91 Å². The SMILES string of the molecule is O=C1NC(S)S/C1=C\c1cnn(-c2ccccn2)c1. The second-order valence-corrected chi connectivity index (χ2v) is 5.87. The third-order valence-corrected chi connectivity index (χ3v) is 3.84. The Hall–Kier alpha value is -1.73. The number of hydrogen-bond acceptors (Lipinski definition) is 5. The van der Waals surface area contributed by atoms with E-state index in [0.717, 1.165) is 11.4 Å². The zero-order valence-corrected chi connectivity index (χ0v) is 11.4. The van der Waals surface area contributed by atoms with E-state index in [2.05, 4.69) is 28.0 Å². The Bertz CT molecular complexity index is 638. The average Bonchev–Trinajstić information content (AvgIpc) is 2.99. The minimum absolute atomic E-state index is 0.101. The molecule has 0 radical (unpaired) electrons. The van der Waals surface area contributed by atoms with Crippen LogP contribution in [0.5, 0.6) is 0 Å². The predicted octanol–water partition coefficient (Wildman–Crippen LogP) is 1.68. The number of rotatable bonds is 2. The fourth-order valence-corrected chi connectivity index (χ4v) is 2.90. The zero-order chi connectivity index (χ0) is 13.2. The molecule has 3 rings (SSSR count). The summed E-state index contributed by atoms with van der Waals surface area (Å²) in [6.45, 7) is 0. The molecule has 0 spiro atoms. The number of hydrogen-bond donors (Lipinski definition) is 2. The number of thiol groups is 1. The summed E-state index contributed by atoms with van der Waals surface area (Å²) in [6, 6.07) is 5.61. The van der Waals surface area contributed by atoms with Crippen LogP contribution in [0.3, 0.4) is 0 Å². The van der Waals surface area contributed by atoms with E-state index in [9.17, 15) is 4.79 Å². The highest BCUT2D eigenvalue weighted by Gasteiger charge is 2.24. The fourth-order valence-electron chi connectivity index (χ4n) is 1.66. The highest BCUT2D eigenvalue weighted by Crippen LogP contribution is 2.30. The van der Waals surface area contributed by atoms with Crippen LogP contribution in [0.15, 0.2) is 41.7 Å². The van der Waals surface area contributed by atoms with Gasteiger partial charge in [0.15, 0.2) is 5.82 Å². The van der Waals surface area contributed by atoms with Crippen molar-refractivity contribution in [2.75, 3.05) is 0 Å². The molecular weight excluding hydrogens is 280 g/mol. The molecule has 19 heavy (non-hydrogen) atoms. The normalized spacial score (nSPS) is 20.8. The van der Waals surface area contributed by atoms with Crippen molar-refractivity contribution >= 4 is 36.4 Å². The molecule has 3 heterocycles. The maximum atomic E-state index is 11.6. The van der Waals surface area contributed by atoms with Crippen molar-refractivity contribution in [2.24, 2.45) is 0 Å². The quantitative estimate of drug-likeness (QED) is 0.652. The Labute approximate surface area is 119 Å². The van der Waals surface area contributed by atoms with Crippen molar-refractivity contribution < 1.29 is 4.79 Å². The van der Waals surface area contributed by atoms with Crippen LogP contribution in [0.25, 0.3) is 11.9 Å². The molecule has 2 aromatic heterocycles. The highest BCUT2D eigenvalue weighted by atomic mass is 32.2. The van der Waals surface area contributed by atoms with Gasteiger partial charge in [0, 0.05) is 18.0 Å². The Morgan fingerprint density at radius 1 is 1.47 bits per heavy atom. The van der Waals surface area contributed by atoms with Gasteiger partial charge in [-0.05, 0) is 18.2 Å². The van der Waals surface area contributed by atoms with Gasteiger partial charge in [-0.25, -0.2) is 9.67 Å². The van der Waals surface area contributed by atoms with Crippen LogP contribution < -0.4 is 5.32 Å². The highest BCUT2D eigenvalue weighted by molar-refractivity contribution is 8.14. The number of nitrogens with one attached hydrogen (secondary N) is 1. The molecule has 1 N–H and O–H groups in total. The van der Waals surface area contributed by atoms with E-state index < -0.39 is 0 Å². The van der Waals surface area contributed by atoms with Crippen LogP contribution >= 0.6 is 24.4 Å². The summed E-state index contributed by atoms with van der Waals surface area (Å²) in [5, 5.41) is 6.93. The van der Waals surface area contributed by atoms with Crippen molar-refractivity contribution in [3.05, 3.63) is 47.3 Å². The molecule has 1 aliphatic rings. The number of pyridine rings is 1. The first-order valence-electron chi connectivity index (χ1n) is 5.56. The van der Waals surface area contributed by atoms with Gasteiger partial charge in [-0.3, -0.25) is 4.79 Å². The van der Waals surface area contributed by atoms with E-state index in [4.69, 9.17) is 0 Å². The van der Waals surface area contributed by atoms with Gasteiger partial charge < -0.3 is 5.32 Å². The first-order valence-corrected chi connectivity index (χ1v) is 6.95. The number of nitrogens with zero attached hydrogens (tertiary/aromatic N) is 3. The van der Waals surface area contributed by atoms with Gasteiger partial charge in [-0.2, -0.15) is 5.10 Å². The van der Waals surface area contributed by atoms with Gasteiger partial charge in [0.05, 0.1) is 11.1 Å². The minimum Gasteiger partial charge on any atom is -0.331 e. The van der Waals surface area contributed by atoms with Crippen molar-refractivity contribution in [3.8, 4) is 5.82 Å². The van der Waals surface area contributed by atoms with Gasteiger partial charge >= 0.3 is 0 Å². The first kappa shape index (κ1) is 12.3. The molecular formula is C12H10N4OS2. The predicted molar refractivity (Wildman–Crippen MR) is 77.8 cm³/mol. The Balaban J connectivity index is 1.87. The second kappa shape index (κ2) is 5.10. The molecule has 0 saturated carbocycles. The molecule has 7 heteroatoms. The van der Waals surface area contributed by atoms with E-state index in [0.29, 0.717) is 4.91 Å². The van der Waals surface area contributed by atoms with Crippen molar-refractivity contribution in [2.45, 2.75) is 4.71 Å². The number of amides is 1. The molecule has 1 fully saturated rings. The average molecular weight is 290 g/mol.